The van der Waals surface area contributed by atoms with Gasteiger partial charge in [-0.15, -0.1) is 0 Å². The third-order valence-electron chi connectivity index (χ3n) is 4.12. The molecule has 0 radical (unpaired) electrons. The number of carbonyl (C=O) groups excluding carboxylic acids is 1. The van der Waals surface area contributed by atoms with Gasteiger partial charge in [0.25, 0.3) is 11.2 Å². The van der Waals surface area contributed by atoms with Gasteiger partial charge in [0.15, 0.2) is 5.16 Å². The van der Waals surface area contributed by atoms with Crippen molar-refractivity contribution >= 4 is 51.5 Å². The van der Waals surface area contributed by atoms with E-state index in [1.165, 1.54) is 24.3 Å². The highest BCUT2D eigenvalue weighted by Gasteiger charge is 2.15. The second-order valence-corrected chi connectivity index (χ2v) is 8.39. The molecular weight excluding hydrogens is 428 g/mol. The summed E-state index contributed by atoms with van der Waals surface area (Å²) in [5, 5.41) is 14.8. The molecule has 1 aromatic heterocycles. The molecule has 0 saturated carbocycles. The molecule has 0 atom stereocenters. The average Bonchev–Trinajstić information content (AvgIpc) is 2.68. The summed E-state index contributed by atoms with van der Waals surface area (Å²) in [4.78, 5) is 40.0. The summed E-state index contributed by atoms with van der Waals surface area (Å²) in [7, 11) is 0. The van der Waals surface area contributed by atoms with Gasteiger partial charge in [-0.2, -0.15) is 0 Å². The van der Waals surface area contributed by atoms with Crippen LogP contribution in [-0.2, 0) is 11.3 Å². The zero-order chi connectivity index (χ0) is 21.8. The molecule has 8 nitrogen and oxygen atoms in total. The van der Waals surface area contributed by atoms with Gasteiger partial charge in [0.05, 0.1) is 21.6 Å². The highest BCUT2D eigenvalue weighted by Crippen LogP contribution is 2.22. The van der Waals surface area contributed by atoms with E-state index >= 15 is 0 Å². The van der Waals surface area contributed by atoms with Crippen LogP contribution in [0.3, 0.4) is 0 Å². The van der Waals surface area contributed by atoms with Gasteiger partial charge in [-0.1, -0.05) is 37.2 Å². The van der Waals surface area contributed by atoms with Crippen LogP contribution in [0.1, 0.15) is 13.8 Å². The number of nitro benzene ring substituents is 1. The number of nitrogens with one attached hydrogen (secondary N) is 1. The lowest BCUT2D eigenvalue weighted by Crippen LogP contribution is -2.26. The first-order valence-electron chi connectivity index (χ1n) is 9.12. The molecule has 0 aliphatic heterocycles. The van der Waals surface area contributed by atoms with Gasteiger partial charge < -0.3 is 5.32 Å². The first kappa shape index (κ1) is 21.8. The summed E-state index contributed by atoms with van der Waals surface area (Å²) in [6.07, 6.45) is 0. The fourth-order valence-electron chi connectivity index (χ4n) is 2.80. The predicted octanol–water partition coefficient (Wildman–Crippen LogP) is 4.34. The zero-order valence-corrected chi connectivity index (χ0v) is 17.9. The standard InChI is InChI=1S/C20H19ClN4O4S/c1-12(2)10-24-19(27)16-8-3-13(21)9-17(16)23-20(24)30-11-18(26)22-14-4-6-15(7-5-14)25(28)29/h3-9,12H,10-11H2,1-2H3,(H,22,26). The molecule has 0 spiro atoms. The van der Waals surface area contributed by atoms with Crippen LogP contribution in [0.2, 0.25) is 5.02 Å². The quantitative estimate of drug-likeness (QED) is 0.250. The van der Waals surface area contributed by atoms with Crippen molar-refractivity contribution in [1.82, 2.24) is 9.55 Å². The fraction of sp³-hybridized carbons (Fsp3) is 0.250. The van der Waals surface area contributed by atoms with Gasteiger partial charge in [0.2, 0.25) is 5.91 Å². The first-order valence-corrected chi connectivity index (χ1v) is 10.5. The number of aromatic nitrogens is 2. The summed E-state index contributed by atoms with van der Waals surface area (Å²) in [6, 6.07) is 10.5. The number of non-ortho nitro benzene ring substituents is 1. The molecule has 30 heavy (non-hydrogen) atoms. The Kier molecular flexibility index (Phi) is 6.73. The fourth-order valence-corrected chi connectivity index (χ4v) is 3.78. The van der Waals surface area contributed by atoms with Crippen molar-refractivity contribution in [2.24, 2.45) is 5.92 Å². The minimum atomic E-state index is -0.507. The molecule has 0 fully saturated rings. The van der Waals surface area contributed by atoms with Crippen LogP contribution in [-0.4, -0.2) is 26.1 Å². The van der Waals surface area contributed by atoms with Gasteiger partial charge in [0, 0.05) is 29.4 Å². The molecule has 0 aliphatic rings. The topological polar surface area (TPSA) is 107 Å². The second-order valence-electron chi connectivity index (χ2n) is 7.01. The van der Waals surface area contributed by atoms with Crippen molar-refractivity contribution < 1.29 is 9.72 Å². The molecule has 2 aromatic carbocycles. The molecule has 3 rings (SSSR count). The number of benzene rings is 2. The van der Waals surface area contributed by atoms with Gasteiger partial charge in [0.1, 0.15) is 0 Å². The van der Waals surface area contributed by atoms with E-state index < -0.39 is 4.92 Å². The number of thioether (sulfide) groups is 1. The lowest BCUT2D eigenvalue weighted by molar-refractivity contribution is -0.384. The average molecular weight is 447 g/mol. The van der Waals surface area contributed by atoms with Crippen molar-refractivity contribution in [3.05, 3.63) is 68.0 Å². The smallest absolute Gasteiger partial charge is 0.269 e. The Morgan fingerprint density at radius 2 is 1.97 bits per heavy atom. The van der Waals surface area contributed by atoms with Crippen molar-refractivity contribution in [3.8, 4) is 0 Å². The van der Waals surface area contributed by atoms with Gasteiger partial charge in [-0.25, -0.2) is 4.98 Å². The van der Waals surface area contributed by atoms with Gasteiger partial charge >= 0.3 is 0 Å². The van der Waals surface area contributed by atoms with E-state index in [0.717, 1.165) is 11.8 Å². The highest BCUT2D eigenvalue weighted by atomic mass is 35.5. The zero-order valence-electron chi connectivity index (χ0n) is 16.3. The third-order valence-corrected chi connectivity index (χ3v) is 5.34. The Bertz CT molecular complexity index is 1160. The molecule has 10 heteroatoms. The third kappa shape index (κ3) is 5.17. The molecule has 0 bridgehead atoms. The van der Waals surface area contributed by atoms with Crippen molar-refractivity contribution in [2.75, 3.05) is 11.1 Å². The van der Waals surface area contributed by atoms with Crippen LogP contribution >= 0.6 is 23.4 Å². The van der Waals surface area contributed by atoms with Crippen molar-refractivity contribution in [3.63, 3.8) is 0 Å². The summed E-state index contributed by atoms with van der Waals surface area (Å²) in [5.41, 5.74) is 0.692. The number of nitro groups is 1. The maximum absolute atomic E-state index is 12.9. The van der Waals surface area contributed by atoms with E-state index in [-0.39, 0.29) is 28.8 Å². The maximum atomic E-state index is 12.9. The van der Waals surface area contributed by atoms with Crippen LogP contribution in [0.15, 0.2) is 52.4 Å². The molecule has 0 aliphatic carbocycles. The Labute approximate surface area is 181 Å². The maximum Gasteiger partial charge on any atom is 0.269 e. The number of anilines is 1. The summed E-state index contributed by atoms with van der Waals surface area (Å²) >= 11 is 7.18. The Balaban J connectivity index is 1.80. The van der Waals surface area contributed by atoms with Crippen molar-refractivity contribution in [1.29, 1.82) is 0 Å². The van der Waals surface area contributed by atoms with Gasteiger partial charge in [-0.3, -0.25) is 24.3 Å². The monoisotopic (exact) mass is 446 g/mol. The molecule has 3 aromatic rings. The van der Waals surface area contributed by atoms with E-state index in [1.807, 2.05) is 13.8 Å². The molecule has 0 unspecified atom stereocenters. The van der Waals surface area contributed by atoms with E-state index in [1.54, 1.807) is 22.8 Å². The minimum Gasteiger partial charge on any atom is -0.325 e. The SMILES string of the molecule is CC(C)Cn1c(SCC(=O)Nc2ccc([N+](=O)[O-])cc2)nc2cc(Cl)ccc2c1=O. The number of amides is 1. The lowest BCUT2D eigenvalue weighted by atomic mass is 10.2. The van der Waals surface area contributed by atoms with Crippen LogP contribution in [0, 0.1) is 16.0 Å². The number of fused-ring (bicyclic) bond motifs is 1. The van der Waals surface area contributed by atoms with E-state index in [9.17, 15) is 19.7 Å². The molecule has 1 N–H and O–H groups in total. The number of nitrogens with zero attached hydrogens (tertiary/aromatic N) is 3. The van der Waals surface area contributed by atoms with Crippen LogP contribution < -0.4 is 10.9 Å². The highest BCUT2D eigenvalue weighted by molar-refractivity contribution is 7.99. The summed E-state index contributed by atoms with van der Waals surface area (Å²) < 4.78 is 1.57. The second kappa shape index (κ2) is 9.27. The lowest BCUT2D eigenvalue weighted by Gasteiger charge is -2.15. The van der Waals surface area contributed by atoms with E-state index in [0.29, 0.717) is 33.3 Å². The normalized spacial score (nSPS) is 11.1. The summed E-state index contributed by atoms with van der Waals surface area (Å²) in [5.74, 6) is -0.0823. The van der Waals surface area contributed by atoms with E-state index in [2.05, 4.69) is 10.3 Å². The Hall–Kier alpha value is -2.91. The Morgan fingerprint density at radius 1 is 1.27 bits per heavy atom. The van der Waals surface area contributed by atoms with Gasteiger partial charge in [-0.05, 0) is 36.2 Å². The first-order chi connectivity index (χ1) is 14.2. The van der Waals surface area contributed by atoms with E-state index in [4.69, 9.17) is 11.6 Å². The molecule has 0 saturated heterocycles. The number of carbonyl (C=O) groups is 1. The van der Waals surface area contributed by atoms with Crippen molar-refractivity contribution in [2.45, 2.75) is 25.5 Å². The number of hydrogen-bond acceptors (Lipinski definition) is 6. The molecule has 1 amide bonds. The van der Waals surface area contributed by atoms with Crippen LogP contribution in [0.5, 0.6) is 0 Å². The summed E-state index contributed by atoms with van der Waals surface area (Å²) in [6.45, 7) is 4.46. The predicted molar refractivity (Wildman–Crippen MR) is 118 cm³/mol. The van der Waals surface area contributed by atoms with Crippen LogP contribution in [0.25, 0.3) is 10.9 Å². The number of rotatable bonds is 7. The number of halogens is 1. The number of hydrogen-bond donors (Lipinski definition) is 1. The molecule has 156 valence electrons. The molecule has 1 heterocycles. The van der Waals surface area contributed by atoms with Crippen LogP contribution in [0.4, 0.5) is 11.4 Å². The Morgan fingerprint density at radius 3 is 2.60 bits per heavy atom. The molecular formula is C20H19ClN4O4S. The minimum absolute atomic E-state index is 0.0214. The largest absolute Gasteiger partial charge is 0.325 e.